The fraction of sp³-hybridized carbons (Fsp3) is 0. The summed E-state index contributed by atoms with van der Waals surface area (Å²) in [6.07, 6.45) is 0. The number of hydrogen-bond acceptors (Lipinski definition) is 7. The molecule has 0 aromatic rings. The second kappa shape index (κ2) is 10.0. The maximum atomic E-state index is 8.88. The maximum absolute atomic E-state index is 8.88. The zero-order valence-corrected chi connectivity index (χ0v) is 11.2. The van der Waals surface area contributed by atoms with Gasteiger partial charge in [-0.1, -0.05) is 0 Å². The van der Waals surface area contributed by atoms with Gasteiger partial charge in [0.05, 0.1) is 0 Å². The Morgan fingerprint density at radius 3 is 0.688 bits per heavy atom. The molecule has 0 atom stereocenters. The molecule has 0 saturated heterocycles. The van der Waals surface area contributed by atoms with E-state index in [1.165, 1.54) is 0 Å². The van der Waals surface area contributed by atoms with Gasteiger partial charge in [0.2, 0.25) is 0 Å². The van der Waals surface area contributed by atoms with Crippen molar-refractivity contribution in [2.75, 3.05) is 0 Å². The standard InChI is InChI=1S/3H3O4P.Ti/c3*1-5(2,3)4;/h3*(H3,1,2,3,4);/q;;;+4/p-4. The number of phosphoric acid groups is 3. The Morgan fingerprint density at radius 1 is 0.688 bits per heavy atom. The first-order valence-electron chi connectivity index (χ1n) is 2.28. The normalized spacial score (nSPS) is 11.1. The van der Waals surface area contributed by atoms with Crippen LogP contribution >= 0.6 is 23.5 Å². The molecule has 0 aliphatic rings. The monoisotopic (exact) mass is 338 g/mol. The molecule has 0 fully saturated rings. The van der Waals surface area contributed by atoms with E-state index in [4.69, 9.17) is 57.7 Å². The molecule has 12 nitrogen and oxygen atoms in total. The molecule has 0 saturated carbocycles. The average molecular weight is 338 g/mol. The molecule has 0 rings (SSSR count). The van der Waals surface area contributed by atoms with Gasteiger partial charge in [-0.05, 0) is 0 Å². The molecule has 0 heterocycles. The molecule has 0 bridgehead atoms. The van der Waals surface area contributed by atoms with Crippen LogP contribution < -0.4 is 19.6 Å². The van der Waals surface area contributed by atoms with E-state index in [1.54, 1.807) is 0 Å². The van der Waals surface area contributed by atoms with Crippen LogP contribution in [0.2, 0.25) is 0 Å². The molecular weight excluding hydrogens is 333 g/mol. The molecule has 0 unspecified atom stereocenters. The van der Waals surface area contributed by atoms with Gasteiger partial charge in [-0.25, -0.2) is 4.57 Å². The molecule has 0 spiro atoms. The van der Waals surface area contributed by atoms with E-state index in [0.717, 1.165) is 0 Å². The second-order valence-electron chi connectivity index (χ2n) is 1.45. The van der Waals surface area contributed by atoms with Crippen molar-refractivity contribution in [3.8, 4) is 0 Å². The van der Waals surface area contributed by atoms with Gasteiger partial charge >= 0.3 is 29.5 Å². The zero-order chi connectivity index (χ0) is 13.5. The third kappa shape index (κ3) is 2720. The van der Waals surface area contributed by atoms with Crippen molar-refractivity contribution in [2.45, 2.75) is 0 Å². The smallest absolute Gasteiger partial charge is 0.822 e. The second-order valence-corrected chi connectivity index (χ2v) is 4.35. The molecule has 0 radical (unpaired) electrons. The Morgan fingerprint density at radius 2 is 0.688 bits per heavy atom. The Kier molecular flexibility index (Phi) is 16.1. The van der Waals surface area contributed by atoms with Gasteiger partial charge in [0.15, 0.2) is 0 Å². The molecule has 0 aromatic carbocycles. The molecule has 16 heteroatoms. The summed E-state index contributed by atoms with van der Waals surface area (Å²) in [7, 11) is -14.9. The van der Waals surface area contributed by atoms with Crippen molar-refractivity contribution in [1.29, 1.82) is 0 Å². The van der Waals surface area contributed by atoms with Gasteiger partial charge in [0, 0.05) is 0 Å². The Labute approximate surface area is 103 Å². The minimum Gasteiger partial charge on any atom is -0.822 e. The molecule has 16 heavy (non-hydrogen) atoms. The van der Waals surface area contributed by atoms with Crippen LogP contribution in [0.3, 0.4) is 0 Å². The Hall–Kier alpha value is 1.04. The van der Waals surface area contributed by atoms with Crippen molar-refractivity contribution in [2.24, 2.45) is 0 Å². The van der Waals surface area contributed by atoms with Crippen molar-refractivity contribution in [3.63, 3.8) is 0 Å². The molecule has 0 aliphatic heterocycles. The quantitative estimate of drug-likeness (QED) is 0.205. The van der Waals surface area contributed by atoms with Gasteiger partial charge in [-0.15, -0.1) is 0 Å². The summed E-state index contributed by atoms with van der Waals surface area (Å²) in [4.78, 5) is 70.1. The molecule has 5 N–H and O–H groups in total. The topological polar surface area (TPSA) is 245 Å². The predicted octanol–water partition coefficient (Wildman–Crippen LogP) is -5.32. The van der Waals surface area contributed by atoms with E-state index in [-0.39, 0.29) is 21.7 Å². The van der Waals surface area contributed by atoms with Crippen molar-refractivity contribution in [1.82, 2.24) is 0 Å². The number of rotatable bonds is 0. The van der Waals surface area contributed by atoms with Gasteiger partial charge < -0.3 is 48.6 Å². The van der Waals surface area contributed by atoms with Crippen LogP contribution in [0, 0.1) is 0 Å². The van der Waals surface area contributed by atoms with Gasteiger partial charge in [-0.2, -0.15) is 7.82 Å². The van der Waals surface area contributed by atoms with E-state index < -0.39 is 23.5 Å². The van der Waals surface area contributed by atoms with E-state index in [1.807, 2.05) is 0 Å². The molecule has 96 valence electrons. The summed E-state index contributed by atoms with van der Waals surface area (Å²) in [6, 6.07) is 0. The van der Waals surface area contributed by atoms with E-state index in [2.05, 4.69) is 0 Å². The van der Waals surface area contributed by atoms with Crippen LogP contribution in [0.4, 0.5) is 0 Å². The average Bonchev–Trinajstić information content (AvgIpc) is 1.41. The van der Waals surface area contributed by atoms with E-state index in [9.17, 15) is 0 Å². The summed E-state index contributed by atoms with van der Waals surface area (Å²) in [5.41, 5.74) is 0. The molecule has 0 aromatic heterocycles. The van der Waals surface area contributed by atoms with Crippen molar-refractivity contribution >= 4 is 23.5 Å². The van der Waals surface area contributed by atoms with E-state index >= 15 is 0 Å². The third-order valence-corrected chi connectivity index (χ3v) is 0. The first-order valence-corrected chi connectivity index (χ1v) is 6.83. The Balaban J connectivity index is -0.0000000655. The summed E-state index contributed by atoms with van der Waals surface area (Å²) < 4.78 is 26.2. The van der Waals surface area contributed by atoms with Crippen LogP contribution in [0.25, 0.3) is 0 Å². The first-order chi connectivity index (χ1) is 6.00. The summed E-state index contributed by atoms with van der Waals surface area (Å²) in [6.45, 7) is 0. The molecule has 0 aliphatic carbocycles. The Bertz CT molecular complexity index is 202. The van der Waals surface area contributed by atoms with E-state index in [0.29, 0.717) is 0 Å². The van der Waals surface area contributed by atoms with Crippen LogP contribution in [-0.4, -0.2) is 24.5 Å². The van der Waals surface area contributed by atoms with Crippen molar-refractivity contribution in [3.05, 3.63) is 0 Å². The minimum absolute atomic E-state index is 0. The molecule has 0 amide bonds. The van der Waals surface area contributed by atoms with Crippen molar-refractivity contribution < 1.29 is 79.5 Å². The molecular formula is H5O12P3Ti. The third-order valence-electron chi connectivity index (χ3n) is 0. The largest absolute Gasteiger partial charge is 4.00 e. The summed E-state index contributed by atoms with van der Waals surface area (Å²) >= 11 is 0. The van der Waals surface area contributed by atoms with Gasteiger partial charge in [0.1, 0.15) is 0 Å². The minimum atomic E-state index is -5.39. The predicted molar refractivity (Wildman–Crippen MR) is 33.9 cm³/mol. The maximum Gasteiger partial charge on any atom is 4.00 e. The van der Waals surface area contributed by atoms with Crippen LogP contribution in [-0.2, 0) is 35.4 Å². The fourth-order valence-electron chi connectivity index (χ4n) is 0. The van der Waals surface area contributed by atoms with Gasteiger partial charge in [-0.3, -0.25) is 4.57 Å². The van der Waals surface area contributed by atoms with Crippen LogP contribution in [0.1, 0.15) is 0 Å². The van der Waals surface area contributed by atoms with Crippen LogP contribution in [0.5, 0.6) is 0 Å². The fourth-order valence-corrected chi connectivity index (χ4v) is 0. The summed E-state index contributed by atoms with van der Waals surface area (Å²) in [5, 5.41) is 0. The summed E-state index contributed by atoms with van der Waals surface area (Å²) in [5.74, 6) is 0. The van der Waals surface area contributed by atoms with Gasteiger partial charge in [0.25, 0.3) is 7.82 Å². The van der Waals surface area contributed by atoms with Crippen LogP contribution in [0.15, 0.2) is 0 Å². The number of hydrogen-bond donors (Lipinski definition) is 5. The first kappa shape index (κ1) is 25.8. The SMILES string of the molecule is O=P(O)(O)O.O=P([O-])(O)O.O=P([O-])([O-])[O-].[Ti+4]. The zero-order valence-electron chi connectivity index (χ0n) is 6.94.